The Morgan fingerprint density at radius 3 is 2.44 bits per heavy atom. The summed E-state index contributed by atoms with van der Waals surface area (Å²) in [7, 11) is 7.96. The maximum atomic E-state index is 8.47. The molecule has 0 aliphatic carbocycles. The molecule has 4 N–H and O–H groups in total. The standard InChI is InChI=1S/C27H38N6O2S/c1-18(16-32(4)5)36-35-23-13-11-21(12-14-23)24-17-33(6)19(2)25(31-24)27(30-3)34-26(29)22-9-7-20(15-28)8-10-22/h7-14,18,27,29-30H,15-17,28H2,1-6H3. The zero-order valence-corrected chi connectivity index (χ0v) is 22.9. The van der Waals surface area contributed by atoms with Crippen LogP contribution in [-0.4, -0.2) is 74.2 Å². The van der Waals surface area contributed by atoms with E-state index in [1.165, 1.54) is 12.0 Å². The minimum absolute atomic E-state index is 0.0747. The van der Waals surface area contributed by atoms with Crippen LogP contribution in [0.2, 0.25) is 0 Å². The number of benzene rings is 2. The van der Waals surface area contributed by atoms with E-state index in [0.717, 1.165) is 40.5 Å². The molecule has 0 spiro atoms. The Morgan fingerprint density at radius 2 is 1.86 bits per heavy atom. The molecule has 0 bridgehead atoms. The molecule has 0 saturated carbocycles. The average molecular weight is 511 g/mol. The minimum Gasteiger partial charge on any atom is -0.452 e. The molecule has 0 fully saturated rings. The number of allylic oxidation sites excluding steroid dienone is 1. The number of nitrogens with zero attached hydrogens (tertiary/aromatic N) is 3. The lowest BCUT2D eigenvalue weighted by Crippen LogP contribution is -2.38. The highest BCUT2D eigenvalue weighted by Crippen LogP contribution is 2.25. The molecule has 0 radical (unpaired) electrons. The minimum atomic E-state index is -0.568. The fourth-order valence-electron chi connectivity index (χ4n) is 3.82. The third-order valence-electron chi connectivity index (χ3n) is 5.90. The third kappa shape index (κ3) is 7.33. The summed E-state index contributed by atoms with van der Waals surface area (Å²) in [5.41, 5.74) is 11.1. The second-order valence-electron chi connectivity index (χ2n) is 9.18. The molecule has 1 heterocycles. The zero-order chi connectivity index (χ0) is 26.2. The van der Waals surface area contributed by atoms with Gasteiger partial charge in [-0.2, -0.15) is 0 Å². The first-order valence-electron chi connectivity index (χ1n) is 12.0. The SMILES string of the molecule is CNC(OC(=N)c1ccc(CN)cc1)C1=C(C)N(C)CC(c2ccc(OSC(C)CN(C)C)cc2)=N1. The van der Waals surface area contributed by atoms with Gasteiger partial charge in [0.15, 0.2) is 6.23 Å². The summed E-state index contributed by atoms with van der Waals surface area (Å²) in [5.74, 6) is 0.891. The first-order chi connectivity index (χ1) is 17.2. The van der Waals surface area contributed by atoms with Crippen LogP contribution >= 0.6 is 12.0 Å². The maximum absolute atomic E-state index is 8.47. The number of aliphatic imine (C=N–C) groups is 1. The Kier molecular flexibility index (Phi) is 9.95. The lowest BCUT2D eigenvalue weighted by atomic mass is 10.1. The Hall–Kier alpha value is -2.85. The van der Waals surface area contributed by atoms with Crippen molar-refractivity contribution in [1.82, 2.24) is 15.1 Å². The third-order valence-corrected chi connectivity index (χ3v) is 6.67. The van der Waals surface area contributed by atoms with E-state index in [-0.39, 0.29) is 5.90 Å². The number of nitrogens with one attached hydrogen (secondary N) is 2. The fourth-order valence-corrected chi connectivity index (χ4v) is 4.56. The van der Waals surface area contributed by atoms with Gasteiger partial charge in [-0.05, 0) is 82.5 Å². The Bertz CT molecular complexity index is 1080. The molecule has 1 aliphatic heterocycles. The van der Waals surface area contributed by atoms with Crippen LogP contribution in [0.4, 0.5) is 0 Å². The van der Waals surface area contributed by atoms with Crippen LogP contribution in [0.5, 0.6) is 5.75 Å². The molecule has 0 amide bonds. The average Bonchev–Trinajstić information content (AvgIpc) is 2.87. The highest BCUT2D eigenvalue weighted by molar-refractivity contribution is 7.95. The maximum Gasteiger partial charge on any atom is 0.215 e. The molecule has 0 aromatic heterocycles. The molecule has 2 atom stereocenters. The number of hydrogen-bond acceptors (Lipinski definition) is 9. The Balaban J connectivity index is 1.74. The van der Waals surface area contributed by atoms with Gasteiger partial charge in [-0.25, -0.2) is 4.99 Å². The van der Waals surface area contributed by atoms with Gasteiger partial charge < -0.3 is 24.5 Å². The van der Waals surface area contributed by atoms with Crippen LogP contribution in [0.1, 0.15) is 30.5 Å². The molecular formula is C27H38N6O2S. The van der Waals surface area contributed by atoms with E-state index < -0.39 is 6.23 Å². The van der Waals surface area contributed by atoms with Gasteiger partial charge in [-0.1, -0.05) is 12.1 Å². The molecule has 3 rings (SSSR count). The van der Waals surface area contributed by atoms with Gasteiger partial charge in [0.25, 0.3) is 0 Å². The van der Waals surface area contributed by atoms with E-state index in [1.807, 2.05) is 62.5 Å². The molecule has 0 saturated heterocycles. The lowest BCUT2D eigenvalue weighted by molar-refractivity contribution is 0.188. The van der Waals surface area contributed by atoms with Crippen LogP contribution in [-0.2, 0) is 11.3 Å². The Labute approximate surface area is 219 Å². The van der Waals surface area contributed by atoms with Crippen molar-refractivity contribution in [2.75, 3.05) is 41.3 Å². The molecule has 9 heteroatoms. The lowest BCUT2D eigenvalue weighted by Gasteiger charge is -2.31. The van der Waals surface area contributed by atoms with Crippen molar-refractivity contribution in [2.24, 2.45) is 10.7 Å². The zero-order valence-electron chi connectivity index (χ0n) is 22.0. The van der Waals surface area contributed by atoms with E-state index in [9.17, 15) is 0 Å². The van der Waals surface area contributed by atoms with Crippen molar-refractivity contribution < 1.29 is 8.92 Å². The monoisotopic (exact) mass is 510 g/mol. The normalized spacial score (nSPS) is 15.6. The number of nitrogens with two attached hydrogens (primary N) is 1. The van der Waals surface area contributed by atoms with Crippen LogP contribution in [0.15, 0.2) is 64.9 Å². The smallest absolute Gasteiger partial charge is 0.215 e. The summed E-state index contributed by atoms with van der Waals surface area (Å²) < 4.78 is 11.9. The molecular weight excluding hydrogens is 472 g/mol. The highest BCUT2D eigenvalue weighted by Gasteiger charge is 2.25. The molecule has 36 heavy (non-hydrogen) atoms. The van der Waals surface area contributed by atoms with Crippen molar-refractivity contribution in [3.63, 3.8) is 0 Å². The topological polar surface area (TPSA) is 99.2 Å². The summed E-state index contributed by atoms with van der Waals surface area (Å²) in [4.78, 5) is 9.26. The van der Waals surface area contributed by atoms with Crippen LogP contribution in [0.25, 0.3) is 0 Å². The number of rotatable bonds is 11. The van der Waals surface area contributed by atoms with Crippen LogP contribution in [0, 0.1) is 5.41 Å². The predicted molar refractivity (Wildman–Crippen MR) is 150 cm³/mol. The number of likely N-dealkylation sites (N-methyl/N-ethyl adjacent to an activating group) is 2. The molecule has 2 aromatic carbocycles. The predicted octanol–water partition coefficient (Wildman–Crippen LogP) is 3.68. The second-order valence-corrected chi connectivity index (χ2v) is 10.3. The first kappa shape index (κ1) is 27.7. The van der Waals surface area contributed by atoms with Gasteiger partial charge >= 0.3 is 0 Å². The Morgan fingerprint density at radius 1 is 1.19 bits per heavy atom. The van der Waals surface area contributed by atoms with Gasteiger partial charge in [0.2, 0.25) is 5.90 Å². The van der Waals surface area contributed by atoms with Gasteiger partial charge in [-0.3, -0.25) is 10.7 Å². The molecule has 8 nitrogen and oxygen atoms in total. The van der Waals surface area contributed by atoms with Gasteiger partial charge in [0.1, 0.15) is 11.4 Å². The van der Waals surface area contributed by atoms with Crippen molar-refractivity contribution in [3.8, 4) is 5.75 Å². The highest BCUT2D eigenvalue weighted by atomic mass is 32.2. The molecule has 2 aromatic rings. The van der Waals surface area contributed by atoms with Gasteiger partial charge in [0, 0.05) is 31.4 Å². The van der Waals surface area contributed by atoms with E-state index in [0.29, 0.717) is 23.9 Å². The second kappa shape index (κ2) is 12.9. The van der Waals surface area contributed by atoms with Crippen molar-refractivity contribution in [3.05, 3.63) is 76.6 Å². The van der Waals surface area contributed by atoms with Crippen LogP contribution < -0.4 is 15.2 Å². The largest absolute Gasteiger partial charge is 0.452 e. The quantitative estimate of drug-likeness (QED) is 0.184. The van der Waals surface area contributed by atoms with Gasteiger partial charge in [-0.15, -0.1) is 0 Å². The van der Waals surface area contributed by atoms with E-state index in [1.54, 1.807) is 7.05 Å². The van der Waals surface area contributed by atoms with Crippen molar-refractivity contribution >= 4 is 23.7 Å². The van der Waals surface area contributed by atoms with Gasteiger partial charge in [0.05, 0.1) is 29.5 Å². The summed E-state index contributed by atoms with van der Waals surface area (Å²) in [6.07, 6.45) is -0.568. The summed E-state index contributed by atoms with van der Waals surface area (Å²) in [5, 5.41) is 12.0. The first-order valence-corrected chi connectivity index (χ1v) is 12.8. The molecule has 194 valence electrons. The van der Waals surface area contributed by atoms with E-state index in [2.05, 4.69) is 36.1 Å². The molecule has 2 unspecified atom stereocenters. The summed E-state index contributed by atoms with van der Waals surface area (Å²) in [6, 6.07) is 15.5. The van der Waals surface area contributed by atoms with Crippen molar-refractivity contribution in [2.45, 2.75) is 31.9 Å². The fraction of sp³-hybridized carbons (Fsp3) is 0.407. The number of hydrogen-bond donors (Lipinski definition) is 3. The molecule has 1 aliphatic rings. The van der Waals surface area contributed by atoms with Crippen LogP contribution in [0.3, 0.4) is 0 Å². The van der Waals surface area contributed by atoms with Crippen molar-refractivity contribution in [1.29, 1.82) is 5.41 Å². The summed E-state index contributed by atoms with van der Waals surface area (Å²) in [6.45, 7) is 6.26. The summed E-state index contributed by atoms with van der Waals surface area (Å²) >= 11 is 1.47. The van der Waals surface area contributed by atoms with E-state index >= 15 is 0 Å². The number of ether oxygens (including phenoxy) is 1. The van der Waals surface area contributed by atoms with E-state index in [4.69, 9.17) is 25.1 Å².